The van der Waals surface area contributed by atoms with Crippen LogP contribution in [-0.4, -0.2) is 14.5 Å². The lowest BCUT2D eigenvalue weighted by atomic mass is 10.2. The summed E-state index contributed by atoms with van der Waals surface area (Å²) in [5, 5.41) is 11.0. The minimum absolute atomic E-state index is 0.140. The zero-order chi connectivity index (χ0) is 20.5. The van der Waals surface area contributed by atoms with Crippen molar-refractivity contribution in [3.63, 3.8) is 0 Å². The highest BCUT2D eigenvalue weighted by molar-refractivity contribution is 6.30. The topological polar surface area (TPSA) is 91.2 Å². The molecule has 0 aliphatic heterocycles. The van der Waals surface area contributed by atoms with Gasteiger partial charge in [-0.2, -0.15) is 0 Å². The molecule has 0 radical (unpaired) electrons. The number of rotatable bonds is 4. The molecule has 0 aliphatic carbocycles. The summed E-state index contributed by atoms with van der Waals surface area (Å²) in [6.45, 7) is 0. The number of hydrogen-bond donors (Lipinski definition) is 0. The molecule has 0 fully saturated rings. The number of fused-ring (bicyclic) bond motifs is 1. The van der Waals surface area contributed by atoms with E-state index >= 15 is 0 Å². The van der Waals surface area contributed by atoms with Crippen molar-refractivity contribution in [3.05, 3.63) is 97.5 Å². The van der Waals surface area contributed by atoms with Crippen LogP contribution in [0.25, 0.3) is 28.7 Å². The average Bonchev–Trinajstić information content (AvgIpc) is 3.18. The van der Waals surface area contributed by atoms with Crippen molar-refractivity contribution >= 4 is 40.5 Å². The standard InChI is InChI=1S/C20H11ClFN3O4/c21-15-11-12(5-8-16(15)22)24-18(9-6-13-7-10-19(29-13)25(27)28)23-17-4-2-1-3-14(17)20(24)26/h1-11H/b9-6+. The summed E-state index contributed by atoms with van der Waals surface area (Å²) in [6, 6.07) is 13.3. The van der Waals surface area contributed by atoms with E-state index in [0.29, 0.717) is 16.6 Å². The summed E-state index contributed by atoms with van der Waals surface area (Å²) in [7, 11) is 0. The molecule has 0 aliphatic rings. The highest BCUT2D eigenvalue weighted by atomic mass is 35.5. The largest absolute Gasteiger partial charge is 0.433 e. The van der Waals surface area contributed by atoms with Crippen molar-refractivity contribution in [2.75, 3.05) is 0 Å². The van der Waals surface area contributed by atoms with Crippen molar-refractivity contribution in [1.29, 1.82) is 0 Å². The molecule has 0 unspecified atom stereocenters. The normalized spacial score (nSPS) is 11.4. The molecule has 4 rings (SSSR count). The molecule has 2 aromatic heterocycles. The number of nitro groups is 1. The van der Waals surface area contributed by atoms with E-state index in [4.69, 9.17) is 16.0 Å². The fourth-order valence-electron chi connectivity index (χ4n) is 2.82. The Morgan fingerprint density at radius 1 is 1.14 bits per heavy atom. The third kappa shape index (κ3) is 3.53. The quantitative estimate of drug-likeness (QED) is 0.353. The fraction of sp³-hybridized carbons (Fsp3) is 0. The predicted octanol–water partition coefficient (Wildman–Crippen LogP) is 4.85. The summed E-state index contributed by atoms with van der Waals surface area (Å²) >= 11 is 5.88. The van der Waals surface area contributed by atoms with Crippen LogP contribution in [0.4, 0.5) is 10.3 Å². The molecule has 0 spiro atoms. The third-order valence-electron chi connectivity index (χ3n) is 4.15. The van der Waals surface area contributed by atoms with Crippen LogP contribution in [-0.2, 0) is 0 Å². The van der Waals surface area contributed by atoms with Crippen LogP contribution in [0.1, 0.15) is 11.6 Å². The molecule has 0 saturated carbocycles. The second kappa shape index (κ2) is 7.33. The zero-order valence-corrected chi connectivity index (χ0v) is 15.3. The highest BCUT2D eigenvalue weighted by Gasteiger charge is 2.14. The summed E-state index contributed by atoms with van der Waals surface area (Å²) in [6.07, 6.45) is 2.93. The summed E-state index contributed by atoms with van der Waals surface area (Å²) < 4.78 is 20.0. The average molecular weight is 412 g/mol. The Balaban J connectivity index is 1.91. The van der Waals surface area contributed by atoms with Gasteiger partial charge in [0.05, 0.1) is 27.7 Å². The first kappa shape index (κ1) is 18.6. The first-order valence-corrected chi connectivity index (χ1v) is 8.71. The number of halogens is 2. The van der Waals surface area contributed by atoms with Crippen LogP contribution in [0.2, 0.25) is 5.02 Å². The molecule has 2 aromatic carbocycles. The Morgan fingerprint density at radius 2 is 1.93 bits per heavy atom. The number of benzene rings is 2. The van der Waals surface area contributed by atoms with Crippen LogP contribution in [0.3, 0.4) is 0 Å². The van der Waals surface area contributed by atoms with E-state index in [1.807, 2.05) is 0 Å². The minimum Gasteiger partial charge on any atom is -0.401 e. The SMILES string of the molecule is O=c1c2ccccc2nc(/C=C/c2ccc([N+](=O)[O-])o2)n1-c1ccc(F)c(Cl)c1. The molecular weight excluding hydrogens is 401 g/mol. The monoisotopic (exact) mass is 411 g/mol. The zero-order valence-electron chi connectivity index (χ0n) is 14.6. The maximum Gasteiger partial charge on any atom is 0.433 e. The number of furan rings is 1. The molecule has 0 amide bonds. The van der Waals surface area contributed by atoms with Gasteiger partial charge in [0.15, 0.2) is 0 Å². The lowest BCUT2D eigenvalue weighted by Crippen LogP contribution is -2.22. The van der Waals surface area contributed by atoms with Gasteiger partial charge in [0.2, 0.25) is 0 Å². The van der Waals surface area contributed by atoms with Crippen LogP contribution in [0.15, 0.2) is 63.8 Å². The molecule has 144 valence electrons. The van der Waals surface area contributed by atoms with Gasteiger partial charge in [-0.15, -0.1) is 0 Å². The third-order valence-corrected chi connectivity index (χ3v) is 4.44. The van der Waals surface area contributed by atoms with Gasteiger partial charge >= 0.3 is 5.88 Å². The molecule has 7 nitrogen and oxygen atoms in total. The van der Waals surface area contributed by atoms with Gasteiger partial charge in [0, 0.05) is 0 Å². The van der Waals surface area contributed by atoms with E-state index in [2.05, 4.69) is 4.98 Å². The molecular formula is C20H11ClFN3O4. The van der Waals surface area contributed by atoms with Crippen molar-refractivity contribution < 1.29 is 13.7 Å². The van der Waals surface area contributed by atoms with Crippen molar-refractivity contribution in [3.8, 4) is 5.69 Å². The number of hydrogen-bond acceptors (Lipinski definition) is 5. The molecule has 4 aromatic rings. The van der Waals surface area contributed by atoms with Crippen molar-refractivity contribution in [2.45, 2.75) is 0 Å². The first-order chi connectivity index (χ1) is 13.9. The Hall–Kier alpha value is -3.78. The Bertz CT molecular complexity index is 1340. The lowest BCUT2D eigenvalue weighted by molar-refractivity contribution is -0.402. The van der Waals surface area contributed by atoms with E-state index in [0.717, 1.165) is 6.07 Å². The summed E-state index contributed by atoms with van der Waals surface area (Å²) in [4.78, 5) is 27.7. The highest BCUT2D eigenvalue weighted by Crippen LogP contribution is 2.22. The molecule has 0 bridgehead atoms. The van der Waals surface area contributed by atoms with Crippen molar-refractivity contribution in [1.82, 2.24) is 9.55 Å². The van der Waals surface area contributed by atoms with Crippen LogP contribution >= 0.6 is 11.6 Å². The van der Waals surface area contributed by atoms with E-state index in [1.54, 1.807) is 24.3 Å². The van der Waals surface area contributed by atoms with Crippen LogP contribution in [0, 0.1) is 15.9 Å². The smallest absolute Gasteiger partial charge is 0.401 e. The van der Waals surface area contributed by atoms with E-state index < -0.39 is 16.6 Å². The Morgan fingerprint density at radius 3 is 2.66 bits per heavy atom. The van der Waals surface area contributed by atoms with Gasteiger partial charge in [0.1, 0.15) is 22.3 Å². The van der Waals surface area contributed by atoms with Crippen molar-refractivity contribution in [2.24, 2.45) is 0 Å². The van der Waals surface area contributed by atoms with Gasteiger partial charge in [-0.05, 0) is 48.6 Å². The van der Waals surface area contributed by atoms with Gasteiger partial charge in [-0.25, -0.2) is 9.37 Å². The predicted molar refractivity (Wildman–Crippen MR) is 107 cm³/mol. The fourth-order valence-corrected chi connectivity index (χ4v) is 3.00. The summed E-state index contributed by atoms with van der Waals surface area (Å²) in [5.74, 6) is -0.589. The van der Waals surface area contributed by atoms with Crippen LogP contribution in [0.5, 0.6) is 0 Å². The molecule has 0 N–H and O–H groups in total. The van der Waals surface area contributed by atoms with E-state index in [-0.39, 0.29) is 22.2 Å². The Kier molecular flexibility index (Phi) is 4.69. The molecule has 2 heterocycles. The number of para-hydroxylation sites is 1. The molecule has 0 atom stereocenters. The van der Waals surface area contributed by atoms with Gasteiger partial charge < -0.3 is 4.42 Å². The second-order valence-corrected chi connectivity index (χ2v) is 6.40. The van der Waals surface area contributed by atoms with Gasteiger partial charge in [-0.3, -0.25) is 19.5 Å². The second-order valence-electron chi connectivity index (χ2n) is 5.99. The van der Waals surface area contributed by atoms with Gasteiger partial charge in [0.25, 0.3) is 5.56 Å². The molecule has 9 heteroatoms. The minimum atomic E-state index is -0.651. The summed E-state index contributed by atoms with van der Waals surface area (Å²) in [5.41, 5.74) is 0.417. The molecule has 29 heavy (non-hydrogen) atoms. The molecule has 0 saturated heterocycles. The first-order valence-electron chi connectivity index (χ1n) is 8.33. The maximum absolute atomic E-state index is 13.6. The van der Waals surface area contributed by atoms with E-state index in [9.17, 15) is 19.3 Å². The van der Waals surface area contributed by atoms with Gasteiger partial charge in [-0.1, -0.05) is 23.7 Å². The lowest BCUT2D eigenvalue weighted by Gasteiger charge is -2.12. The maximum atomic E-state index is 13.6. The number of aromatic nitrogens is 2. The van der Waals surface area contributed by atoms with E-state index in [1.165, 1.54) is 41.0 Å². The van der Waals surface area contributed by atoms with Crippen LogP contribution < -0.4 is 5.56 Å². The number of nitrogens with zero attached hydrogens (tertiary/aromatic N) is 3. The Labute approximate surface area is 167 Å².